The average molecular weight is 270 g/mol. The molecule has 0 saturated heterocycles. The highest BCUT2D eigenvalue weighted by atomic mass is 79.9. The van der Waals surface area contributed by atoms with E-state index in [-0.39, 0.29) is 12.2 Å². The van der Waals surface area contributed by atoms with Crippen LogP contribution in [-0.4, -0.2) is 21.2 Å². The van der Waals surface area contributed by atoms with Crippen LogP contribution in [0.25, 0.3) is 10.9 Å². The number of carboxylic acids is 1. The molecule has 1 aromatic carbocycles. The number of carbonyl (C=O) groups is 1. The van der Waals surface area contributed by atoms with Crippen LogP contribution in [0.4, 0.5) is 0 Å². The number of aromatic nitrogens is 1. The van der Waals surface area contributed by atoms with Gasteiger partial charge in [0.15, 0.2) is 0 Å². The molecule has 0 amide bonds. The van der Waals surface area contributed by atoms with Crippen LogP contribution in [0.1, 0.15) is 5.56 Å². The van der Waals surface area contributed by atoms with Crippen molar-refractivity contribution in [2.45, 2.75) is 6.42 Å². The van der Waals surface area contributed by atoms with Gasteiger partial charge in [-0.1, -0.05) is 0 Å². The summed E-state index contributed by atoms with van der Waals surface area (Å²) in [7, 11) is 0. The van der Waals surface area contributed by atoms with Gasteiger partial charge in [0.05, 0.1) is 10.9 Å². The highest BCUT2D eigenvalue weighted by Gasteiger charge is 2.09. The number of rotatable bonds is 2. The van der Waals surface area contributed by atoms with E-state index in [2.05, 4.69) is 20.9 Å². The van der Waals surface area contributed by atoms with Crippen LogP contribution >= 0.6 is 15.9 Å². The van der Waals surface area contributed by atoms with E-state index in [0.29, 0.717) is 10.0 Å². The van der Waals surface area contributed by atoms with E-state index >= 15 is 0 Å². The van der Waals surface area contributed by atoms with Gasteiger partial charge in [-0.25, -0.2) is 0 Å². The highest BCUT2D eigenvalue weighted by molar-refractivity contribution is 9.10. The monoisotopic (exact) mass is 269 g/mol. The topological polar surface area (TPSA) is 73.3 Å². The Kier molecular flexibility index (Phi) is 2.40. The highest BCUT2D eigenvalue weighted by Crippen LogP contribution is 2.30. The molecule has 0 aliphatic heterocycles. The number of aromatic hydroxyl groups is 1. The number of carboxylic acid groups (broad SMARTS) is 1. The summed E-state index contributed by atoms with van der Waals surface area (Å²) in [6, 6.07) is 3.27. The first kappa shape index (κ1) is 10.0. The Bertz CT molecular complexity index is 533. The fourth-order valence-electron chi connectivity index (χ4n) is 1.50. The van der Waals surface area contributed by atoms with Gasteiger partial charge in [0.1, 0.15) is 5.75 Å². The molecule has 4 nitrogen and oxygen atoms in total. The van der Waals surface area contributed by atoms with Crippen LogP contribution in [0.2, 0.25) is 0 Å². The molecule has 0 unspecified atom stereocenters. The van der Waals surface area contributed by atoms with Gasteiger partial charge in [0, 0.05) is 23.2 Å². The van der Waals surface area contributed by atoms with E-state index in [1.54, 1.807) is 18.3 Å². The maximum Gasteiger partial charge on any atom is 0.307 e. The number of benzene rings is 1. The molecule has 2 rings (SSSR count). The molecule has 3 N–H and O–H groups in total. The van der Waals surface area contributed by atoms with Gasteiger partial charge in [-0.15, -0.1) is 0 Å². The number of phenolic OH excluding ortho intramolecular Hbond substituents is 1. The molecule has 15 heavy (non-hydrogen) atoms. The quantitative estimate of drug-likeness (QED) is 0.783. The van der Waals surface area contributed by atoms with E-state index in [9.17, 15) is 9.90 Å². The summed E-state index contributed by atoms with van der Waals surface area (Å²) in [4.78, 5) is 13.5. The number of halogens is 1. The second kappa shape index (κ2) is 3.58. The third kappa shape index (κ3) is 1.83. The predicted octanol–water partition coefficient (Wildman–Crippen LogP) is 2.26. The lowest BCUT2D eigenvalue weighted by atomic mass is 10.1. The number of fused-ring (bicyclic) bond motifs is 1. The van der Waals surface area contributed by atoms with Crippen molar-refractivity contribution in [3.8, 4) is 5.75 Å². The number of hydrogen-bond acceptors (Lipinski definition) is 2. The molecule has 0 atom stereocenters. The van der Waals surface area contributed by atoms with Crippen LogP contribution < -0.4 is 0 Å². The lowest BCUT2D eigenvalue weighted by Crippen LogP contribution is -1.98. The average Bonchev–Trinajstić information content (AvgIpc) is 2.49. The standard InChI is InChI=1S/C10H8BrNO3/c11-7-2-6-5(1-10(14)15)4-12-8(6)3-9(7)13/h2-4,12-13H,1H2,(H,14,15). The van der Waals surface area contributed by atoms with Crippen LogP contribution in [0, 0.1) is 0 Å². The van der Waals surface area contributed by atoms with Crippen molar-refractivity contribution in [1.29, 1.82) is 0 Å². The summed E-state index contributed by atoms with van der Waals surface area (Å²) in [5, 5.41) is 18.9. The number of hydrogen-bond donors (Lipinski definition) is 3. The second-order valence-electron chi connectivity index (χ2n) is 3.23. The minimum Gasteiger partial charge on any atom is -0.507 e. The Labute approximate surface area is 93.7 Å². The summed E-state index contributed by atoms with van der Waals surface area (Å²) >= 11 is 3.19. The number of nitrogens with one attached hydrogen (secondary N) is 1. The third-order valence-corrected chi connectivity index (χ3v) is 2.81. The summed E-state index contributed by atoms with van der Waals surface area (Å²) in [5.41, 5.74) is 1.44. The Morgan fingerprint density at radius 3 is 2.87 bits per heavy atom. The molecule has 0 radical (unpaired) electrons. The minimum atomic E-state index is -0.875. The zero-order valence-corrected chi connectivity index (χ0v) is 9.21. The van der Waals surface area contributed by atoms with E-state index in [1.807, 2.05) is 0 Å². The van der Waals surface area contributed by atoms with E-state index < -0.39 is 5.97 Å². The molecule has 2 aromatic rings. The van der Waals surface area contributed by atoms with Crippen molar-refractivity contribution in [1.82, 2.24) is 4.98 Å². The van der Waals surface area contributed by atoms with Crippen molar-refractivity contribution < 1.29 is 15.0 Å². The normalized spacial score (nSPS) is 10.7. The Morgan fingerprint density at radius 2 is 2.20 bits per heavy atom. The Balaban J connectivity index is 2.59. The number of phenols is 1. The van der Waals surface area contributed by atoms with Gasteiger partial charge in [0.25, 0.3) is 0 Å². The number of aromatic amines is 1. The summed E-state index contributed by atoms with van der Waals surface area (Å²) < 4.78 is 0.557. The minimum absolute atomic E-state index is 0.0305. The van der Waals surface area contributed by atoms with Crippen LogP contribution in [-0.2, 0) is 11.2 Å². The molecule has 0 aliphatic rings. The Morgan fingerprint density at radius 1 is 1.47 bits per heavy atom. The first-order chi connectivity index (χ1) is 7.08. The van der Waals surface area contributed by atoms with E-state index in [0.717, 1.165) is 10.9 Å². The molecule has 0 spiro atoms. The molecule has 0 aliphatic carbocycles. The fourth-order valence-corrected chi connectivity index (χ4v) is 1.84. The van der Waals surface area contributed by atoms with Crippen molar-refractivity contribution in [3.63, 3.8) is 0 Å². The fraction of sp³-hybridized carbons (Fsp3) is 0.100. The van der Waals surface area contributed by atoms with Crippen molar-refractivity contribution in [3.05, 3.63) is 28.4 Å². The van der Waals surface area contributed by atoms with Gasteiger partial charge in [0.2, 0.25) is 0 Å². The molecular formula is C10H8BrNO3. The predicted molar refractivity (Wildman–Crippen MR) is 59.0 cm³/mol. The number of H-pyrrole nitrogens is 1. The van der Waals surface area contributed by atoms with Gasteiger partial charge < -0.3 is 15.2 Å². The van der Waals surface area contributed by atoms with Crippen molar-refractivity contribution in [2.24, 2.45) is 0 Å². The van der Waals surface area contributed by atoms with Crippen molar-refractivity contribution in [2.75, 3.05) is 0 Å². The van der Waals surface area contributed by atoms with Gasteiger partial charge in [-0.2, -0.15) is 0 Å². The second-order valence-corrected chi connectivity index (χ2v) is 4.09. The van der Waals surface area contributed by atoms with Gasteiger partial charge >= 0.3 is 5.97 Å². The molecule has 0 bridgehead atoms. The van der Waals surface area contributed by atoms with Crippen LogP contribution in [0.15, 0.2) is 22.8 Å². The summed E-state index contributed by atoms with van der Waals surface area (Å²) in [5.74, 6) is -0.744. The maximum atomic E-state index is 10.6. The van der Waals surface area contributed by atoms with Crippen LogP contribution in [0.5, 0.6) is 5.75 Å². The zero-order chi connectivity index (χ0) is 11.0. The molecule has 78 valence electrons. The largest absolute Gasteiger partial charge is 0.507 e. The third-order valence-electron chi connectivity index (χ3n) is 2.18. The van der Waals surface area contributed by atoms with Crippen LogP contribution in [0.3, 0.4) is 0 Å². The molecule has 1 heterocycles. The summed E-state index contributed by atoms with van der Waals surface area (Å²) in [6.07, 6.45) is 1.61. The number of aliphatic carboxylic acids is 1. The first-order valence-electron chi connectivity index (χ1n) is 4.28. The smallest absolute Gasteiger partial charge is 0.307 e. The SMILES string of the molecule is O=C(O)Cc1c[nH]c2cc(O)c(Br)cc12. The first-order valence-corrected chi connectivity index (χ1v) is 5.07. The summed E-state index contributed by atoms with van der Waals surface area (Å²) in [6.45, 7) is 0. The molecular weight excluding hydrogens is 262 g/mol. The van der Waals surface area contributed by atoms with E-state index in [1.165, 1.54) is 0 Å². The zero-order valence-electron chi connectivity index (χ0n) is 7.62. The maximum absolute atomic E-state index is 10.6. The lowest BCUT2D eigenvalue weighted by Gasteiger charge is -1.98. The molecule has 5 heteroatoms. The van der Waals surface area contributed by atoms with E-state index in [4.69, 9.17) is 5.11 Å². The molecule has 0 fully saturated rings. The lowest BCUT2D eigenvalue weighted by molar-refractivity contribution is -0.136. The van der Waals surface area contributed by atoms with Gasteiger partial charge in [-0.3, -0.25) is 4.79 Å². The van der Waals surface area contributed by atoms with Gasteiger partial charge in [-0.05, 0) is 27.6 Å². The Hall–Kier alpha value is -1.49. The molecule has 0 saturated carbocycles. The molecule has 1 aromatic heterocycles. The van der Waals surface area contributed by atoms with Crippen molar-refractivity contribution >= 4 is 32.8 Å².